The minimum Gasteiger partial charge on any atom is -0.490 e. The number of ether oxygens (including phenoxy) is 2. The first-order chi connectivity index (χ1) is 17.0. The largest absolute Gasteiger partial charge is 0.490 e. The topological polar surface area (TPSA) is 59.6 Å². The summed E-state index contributed by atoms with van der Waals surface area (Å²) in [6.07, 6.45) is 2.82. The maximum atomic E-state index is 14.0. The van der Waals surface area contributed by atoms with Gasteiger partial charge in [-0.3, -0.25) is 4.79 Å². The van der Waals surface area contributed by atoms with E-state index in [4.69, 9.17) is 9.47 Å². The summed E-state index contributed by atoms with van der Waals surface area (Å²) in [5.74, 6) is 0.661. The van der Waals surface area contributed by atoms with Gasteiger partial charge in [0, 0.05) is 11.3 Å². The van der Waals surface area contributed by atoms with Crippen molar-refractivity contribution in [3.8, 4) is 11.5 Å². The second-order valence-electron chi connectivity index (χ2n) is 7.82. The Morgan fingerprint density at radius 1 is 1.11 bits per heavy atom. The van der Waals surface area contributed by atoms with Crippen molar-refractivity contribution < 1.29 is 18.7 Å². The van der Waals surface area contributed by atoms with Gasteiger partial charge >= 0.3 is 0 Å². The van der Waals surface area contributed by atoms with Gasteiger partial charge in [-0.1, -0.05) is 49.0 Å². The Morgan fingerprint density at radius 2 is 1.89 bits per heavy atom. The fraction of sp³-hybridized carbons (Fsp3) is 0.222. The number of carbonyl (C=O) groups excluding carboxylic acids is 1. The van der Waals surface area contributed by atoms with Crippen LogP contribution in [0.15, 0.2) is 65.6 Å². The van der Waals surface area contributed by atoms with E-state index in [1.54, 1.807) is 18.2 Å². The predicted octanol–water partition coefficient (Wildman–Crippen LogP) is 6.57. The Bertz CT molecular complexity index is 1230. The lowest BCUT2D eigenvalue weighted by Crippen LogP contribution is -2.30. The van der Waals surface area contributed by atoms with Gasteiger partial charge in [0.25, 0.3) is 5.91 Å². The molecule has 0 spiro atoms. The summed E-state index contributed by atoms with van der Waals surface area (Å²) in [7, 11) is 0. The number of amides is 1. The van der Waals surface area contributed by atoms with Gasteiger partial charge in [-0.2, -0.15) is 0 Å². The summed E-state index contributed by atoms with van der Waals surface area (Å²) < 4.78 is 26.6. The van der Waals surface area contributed by atoms with Gasteiger partial charge in [-0.25, -0.2) is 4.39 Å². The summed E-state index contributed by atoms with van der Waals surface area (Å²) in [4.78, 5) is 13.2. The lowest BCUT2D eigenvalue weighted by molar-refractivity contribution is -0.116. The number of benzene rings is 3. The van der Waals surface area contributed by atoms with Crippen LogP contribution < -0.4 is 20.1 Å². The highest BCUT2D eigenvalue weighted by Gasteiger charge is 2.27. The van der Waals surface area contributed by atoms with E-state index in [0.29, 0.717) is 28.6 Å². The molecule has 182 valence electrons. The van der Waals surface area contributed by atoms with Gasteiger partial charge in [0.1, 0.15) is 12.4 Å². The molecule has 1 atom stereocenters. The molecule has 35 heavy (non-hydrogen) atoms. The average molecular weight is 604 g/mol. The van der Waals surface area contributed by atoms with Crippen molar-refractivity contribution in [3.63, 3.8) is 0 Å². The molecule has 1 fully saturated rings. The standard InChI is InChI=1S/C27H26FIN2O3S/c1-3-17-9-11-20(12-10-17)30-27-31-26(32)24(35-27)15-18-13-22(29)25(23(14-18)33-4-2)34-16-19-7-5-6-8-21(19)28/h5-15,27,30H,3-4,16H2,1-2H3,(H,31,32)/b24-15-/t27-/m1/s1. The van der Waals surface area contributed by atoms with E-state index in [1.807, 2.05) is 37.3 Å². The molecular formula is C27H26FIN2O3S. The molecule has 3 aromatic carbocycles. The fourth-order valence-electron chi connectivity index (χ4n) is 3.54. The quantitative estimate of drug-likeness (QED) is 0.214. The molecule has 1 heterocycles. The number of hydrogen-bond donors (Lipinski definition) is 2. The summed E-state index contributed by atoms with van der Waals surface area (Å²) in [5.41, 5.74) is 3.25. The highest BCUT2D eigenvalue weighted by atomic mass is 127. The van der Waals surface area contributed by atoms with E-state index < -0.39 is 0 Å². The van der Waals surface area contributed by atoms with Crippen molar-refractivity contribution in [2.45, 2.75) is 32.4 Å². The first-order valence-electron chi connectivity index (χ1n) is 11.3. The second kappa shape index (κ2) is 11.8. The number of aryl methyl sites for hydroxylation is 1. The molecule has 0 saturated carbocycles. The zero-order chi connectivity index (χ0) is 24.8. The van der Waals surface area contributed by atoms with Crippen LogP contribution in [0.2, 0.25) is 0 Å². The maximum absolute atomic E-state index is 14.0. The molecule has 1 aliphatic rings. The molecule has 2 N–H and O–H groups in total. The first-order valence-corrected chi connectivity index (χ1v) is 13.3. The Kier molecular flexibility index (Phi) is 8.56. The molecule has 0 unspecified atom stereocenters. The minimum atomic E-state index is -0.310. The number of carbonyl (C=O) groups is 1. The number of anilines is 1. The Labute approximate surface area is 222 Å². The highest BCUT2D eigenvalue weighted by molar-refractivity contribution is 14.1. The zero-order valence-corrected chi connectivity index (χ0v) is 22.4. The molecule has 0 radical (unpaired) electrons. The van der Waals surface area contributed by atoms with Crippen LogP contribution in [-0.4, -0.2) is 18.0 Å². The minimum absolute atomic E-state index is 0.0913. The summed E-state index contributed by atoms with van der Waals surface area (Å²) in [6, 6.07) is 18.5. The van der Waals surface area contributed by atoms with Crippen LogP contribution in [0.25, 0.3) is 6.08 Å². The second-order valence-corrected chi connectivity index (χ2v) is 10.1. The van der Waals surface area contributed by atoms with Crippen LogP contribution >= 0.6 is 34.4 Å². The Morgan fingerprint density at radius 3 is 2.60 bits per heavy atom. The average Bonchev–Trinajstić information content (AvgIpc) is 3.18. The van der Waals surface area contributed by atoms with Gasteiger partial charge in [0.2, 0.25) is 0 Å². The van der Waals surface area contributed by atoms with E-state index in [9.17, 15) is 9.18 Å². The lowest BCUT2D eigenvalue weighted by Gasteiger charge is -2.15. The molecule has 3 aromatic rings. The Hall–Kier alpha value is -2.72. The molecule has 4 rings (SSSR count). The SMILES string of the molecule is CCOc1cc(/C=C2\S[C@H](Nc3ccc(CC)cc3)NC2=O)cc(I)c1OCc1ccccc1F. The van der Waals surface area contributed by atoms with E-state index in [1.165, 1.54) is 23.4 Å². The fourth-order valence-corrected chi connectivity index (χ4v) is 5.31. The van der Waals surface area contributed by atoms with Crippen LogP contribution in [0.4, 0.5) is 10.1 Å². The van der Waals surface area contributed by atoms with E-state index >= 15 is 0 Å². The molecule has 1 amide bonds. The Balaban J connectivity index is 1.50. The predicted molar refractivity (Wildman–Crippen MR) is 148 cm³/mol. The van der Waals surface area contributed by atoms with Crippen LogP contribution in [0.1, 0.15) is 30.5 Å². The molecular weight excluding hydrogens is 578 g/mol. The summed E-state index contributed by atoms with van der Waals surface area (Å²) in [6.45, 7) is 4.55. The molecule has 0 aliphatic carbocycles. The van der Waals surface area contributed by atoms with Crippen molar-refractivity contribution in [2.24, 2.45) is 0 Å². The van der Waals surface area contributed by atoms with Crippen molar-refractivity contribution in [1.29, 1.82) is 0 Å². The van der Waals surface area contributed by atoms with Gasteiger partial charge in [-0.05, 0) is 83.5 Å². The summed E-state index contributed by atoms with van der Waals surface area (Å²) in [5, 5.41) is 6.30. The number of rotatable bonds is 9. The number of halogens is 2. The van der Waals surface area contributed by atoms with Crippen molar-refractivity contribution in [1.82, 2.24) is 5.32 Å². The zero-order valence-electron chi connectivity index (χ0n) is 19.4. The molecule has 1 saturated heterocycles. The number of hydrogen-bond acceptors (Lipinski definition) is 5. The smallest absolute Gasteiger partial charge is 0.260 e. The van der Waals surface area contributed by atoms with E-state index in [0.717, 1.165) is 21.2 Å². The maximum Gasteiger partial charge on any atom is 0.260 e. The normalized spacial score (nSPS) is 16.3. The van der Waals surface area contributed by atoms with Crippen LogP contribution in [0.3, 0.4) is 0 Å². The molecule has 0 aromatic heterocycles. The molecule has 1 aliphatic heterocycles. The van der Waals surface area contributed by atoms with Crippen LogP contribution in [-0.2, 0) is 17.8 Å². The number of thioether (sulfide) groups is 1. The highest BCUT2D eigenvalue weighted by Crippen LogP contribution is 2.37. The molecule has 0 bridgehead atoms. The van der Waals surface area contributed by atoms with Gasteiger partial charge in [0.05, 0.1) is 15.1 Å². The van der Waals surface area contributed by atoms with Crippen molar-refractivity contribution in [3.05, 3.63) is 91.6 Å². The third-order valence-electron chi connectivity index (χ3n) is 5.35. The molecule has 5 nitrogen and oxygen atoms in total. The van der Waals surface area contributed by atoms with Crippen LogP contribution in [0, 0.1) is 9.39 Å². The molecule has 8 heteroatoms. The van der Waals surface area contributed by atoms with Gasteiger partial charge < -0.3 is 20.1 Å². The van der Waals surface area contributed by atoms with Crippen molar-refractivity contribution >= 4 is 52.0 Å². The van der Waals surface area contributed by atoms with Crippen molar-refractivity contribution in [2.75, 3.05) is 11.9 Å². The van der Waals surface area contributed by atoms with E-state index in [2.05, 4.69) is 52.3 Å². The van der Waals surface area contributed by atoms with Gasteiger partial charge in [-0.15, -0.1) is 0 Å². The third-order valence-corrected chi connectivity index (χ3v) is 7.18. The van der Waals surface area contributed by atoms with Gasteiger partial charge in [0.15, 0.2) is 17.0 Å². The first kappa shape index (κ1) is 25.4. The lowest BCUT2D eigenvalue weighted by atomic mass is 10.1. The monoisotopic (exact) mass is 604 g/mol. The third kappa shape index (κ3) is 6.49. The summed E-state index contributed by atoms with van der Waals surface area (Å²) >= 11 is 3.60. The van der Waals surface area contributed by atoms with E-state index in [-0.39, 0.29) is 23.8 Å². The number of nitrogens with one attached hydrogen (secondary N) is 2. The van der Waals surface area contributed by atoms with Crippen LogP contribution in [0.5, 0.6) is 11.5 Å².